The molecule has 0 bridgehead atoms. The summed E-state index contributed by atoms with van der Waals surface area (Å²) in [6, 6.07) is 0. The molecule has 18 heavy (non-hydrogen) atoms. The lowest BCUT2D eigenvalue weighted by Crippen LogP contribution is -2.48. The Hall–Kier alpha value is -1.36. The highest BCUT2D eigenvalue weighted by Crippen LogP contribution is 2.21. The molecule has 1 aliphatic carbocycles. The summed E-state index contributed by atoms with van der Waals surface area (Å²) in [5.41, 5.74) is 1.20. The van der Waals surface area contributed by atoms with Gasteiger partial charge in [0.15, 0.2) is 6.10 Å². The van der Waals surface area contributed by atoms with Crippen molar-refractivity contribution in [3.05, 3.63) is 11.6 Å². The van der Waals surface area contributed by atoms with E-state index in [1.165, 1.54) is 12.0 Å². The molecule has 2 aliphatic rings. The molecule has 0 aromatic heterocycles. The summed E-state index contributed by atoms with van der Waals surface area (Å²) in [6.07, 6.45) is 6.13. The Kier molecular flexibility index (Phi) is 4.36. The van der Waals surface area contributed by atoms with Crippen LogP contribution in [0.3, 0.4) is 0 Å². The Labute approximate surface area is 106 Å². The number of allylic oxidation sites excluding steroid dienone is 1. The Morgan fingerprint density at radius 3 is 2.94 bits per heavy atom. The van der Waals surface area contributed by atoms with Crippen molar-refractivity contribution < 1.29 is 19.4 Å². The van der Waals surface area contributed by atoms with Gasteiger partial charge >= 0.3 is 5.97 Å². The SMILES string of the molecule is O=C(O)C1CN(C(=O)CC2=CCCCC2)CCO1. The second-order valence-corrected chi connectivity index (χ2v) is 4.82. The van der Waals surface area contributed by atoms with Gasteiger partial charge in [-0.25, -0.2) is 4.79 Å². The third kappa shape index (κ3) is 3.32. The van der Waals surface area contributed by atoms with Crippen molar-refractivity contribution in [3.8, 4) is 0 Å². The predicted octanol–water partition coefficient (Wildman–Crippen LogP) is 1.19. The predicted molar refractivity (Wildman–Crippen MR) is 65.1 cm³/mol. The normalized spacial score (nSPS) is 24.6. The number of morpholine rings is 1. The number of nitrogens with zero attached hydrogens (tertiary/aromatic N) is 1. The number of rotatable bonds is 3. The molecule has 1 atom stereocenters. The zero-order chi connectivity index (χ0) is 13.0. The first-order valence-corrected chi connectivity index (χ1v) is 6.47. The minimum Gasteiger partial charge on any atom is -0.479 e. The number of carbonyl (C=O) groups is 2. The van der Waals surface area contributed by atoms with Crippen molar-refractivity contribution >= 4 is 11.9 Å². The van der Waals surface area contributed by atoms with Crippen LogP contribution in [0.2, 0.25) is 0 Å². The molecule has 2 rings (SSSR count). The van der Waals surface area contributed by atoms with Crippen LogP contribution in [0.4, 0.5) is 0 Å². The first-order chi connectivity index (χ1) is 8.66. The van der Waals surface area contributed by atoms with E-state index in [1.807, 2.05) is 0 Å². The van der Waals surface area contributed by atoms with Crippen LogP contribution in [0.25, 0.3) is 0 Å². The number of carbonyl (C=O) groups excluding carboxylic acids is 1. The minimum atomic E-state index is -0.996. The van der Waals surface area contributed by atoms with E-state index in [4.69, 9.17) is 9.84 Å². The van der Waals surface area contributed by atoms with Crippen LogP contribution in [-0.2, 0) is 14.3 Å². The maximum absolute atomic E-state index is 12.1. The lowest BCUT2D eigenvalue weighted by atomic mass is 9.97. The molecule has 1 unspecified atom stereocenters. The Bertz CT molecular complexity index is 364. The summed E-state index contributed by atoms with van der Waals surface area (Å²) in [7, 11) is 0. The fourth-order valence-electron chi connectivity index (χ4n) is 2.40. The van der Waals surface area contributed by atoms with Gasteiger partial charge < -0.3 is 14.7 Å². The van der Waals surface area contributed by atoms with E-state index in [0.29, 0.717) is 19.6 Å². The molecular formula is C13H19NO4. The van der Waals surface area contributed by atoms with E-state index in [9.17, 15) is 9.59 Å². The third-order valence-electron chi connectivity index (χ3n) is 3.46. The Balaban J connectivity index is 1.88. The summed E-state index contributed by atoms with van der Waals surface area (Å²) in [6.45, 7) is 0.971. The fraction of sp³-hybridized carbons (Fsp3) is 0.692. The van der Waals surface area contributed by atoms with Gasteiger partial charge in [0.25, 0.3) is 0 Å². The smallest absolute Gasteiger partial charge is 0.334 e. The van der Waals surface area contributed by atoms with Crippen LogP contribution in [0.5, 0.6) is 0 Å². The highest BCUT2D eigenvalue weighted by atomic mass is 16.5. The quantitative estimate of drug-likeness (QED) is 0.767. The molecule has 1 saturated heterocycles. The first-order valence-electron chi connectivity index (χ1n) is 6.47. The van der Waals surface area contributed by atoms with Gasteiger partial charge in [-0.15, -0.1) is 0 Å². The summed E-state index contributed by atoms with van der Waals surface area (Å²) in [5, 5.41) is 8.88. The van der Waals surface area contributed by atoms with E-state index >= 15 is 0 Å². The monoisotopic (exact) mass is 253 g/mol. The summed E-state index contributed by atoms with van der Waals surface area (Å²) < 4.78 is 5.10. The van der Waals surface area contributed by atoms with Gasteiger partial charge in [0.2, 0.25) is 5.91 Å². The molecule has 5 heteroatoms. The highest BCUT2D eigenvalue weighted by molar-refractivity contribution is 5.80. The second-order valence-electron chi connectivity index (χ2n) is 4.82. The highest BCUT2D eigenvalue weighted by Gasteiger charge is 2.29. The van der Waals surface area contributed by atoms with Gasteiger partial charge in [-0.3, -0.25) is 4.79 Å². The van der Waals surface area contributed by atoms with Crippen molar-refractivity contribution in [2.24, 2.45) is 0 Å². The summed E-state index contributed by atoms with van der Waals surface area (Å²) in [4.78, 5) is 24.5. The van der Waals surface area contributed by atoms with Crippen LogP contribution in [0, 0.1) is 0 Å². The minimum absolute atomic E-state index is 0.0256. The Morgan fingerprint density at radius 1 is 1.44 bits per heavy atom. The molecule has 0 aromatic carbocycles. The number of aliphatic carboxylic acids is 1. The van der Waals surface area contributed by atoms with Gasteiger partial charge in [0.05, 0.1) is 13.2 Å². The van der Waals surface area contributed by atoms with Crippen molar-refractivity contribution in [2.45, 2.75) is 38.2 Å². The van der Waals surface area contributed by atoms with Crippen LogP contribution in [0.15, 0.2) is 11.6 Å². The van der Waals surface area contributed by atoms with E-state index in [0.717, 1.165) is 19.3 Å². The maximum Gasteiger partial charge on any atom is 0.334 e. The topological polar surface area (TPSA) is 66.8 Å². The number of carboxylic acid groups (broad SMARTS) is 1. The van der Waals surface area contributed by atoms with Crippen LogP contribution in [-0.4, -0.2) is 47.7 Å². The molecule has 1 fully saturated rings. The first kappa shape index (κ1) is 13.1. The van der Waals surface area contributed by atoms with Crippen LogP contribution >= 0.6 is 0 Å². The third-order valence-corrected chi connectivity index (χ3v) is 3.46. The molecule has 1 N–H and O–H groups in total. The van der Waals surface area contributed by atoms with E-state index in [1.54, 1.807) is 4.90 Å². The zero-order valence-electron chi connectivity index (χ0n) is 10.4. The number of carboxylic acids is 1. The van der Waals surface area contributed by atoms with E-state index < -0.39 is 12.1 Å². The number of amides is 1. The summed E-state index contributed by atoms with van der Waals surface area (Å²) in [5.74, 6) is -0.970. The van der Waals surface area contributed by atoms with Crippen molar-refractivity contribution in [2.75, 3.05) is 19.7 Å². The van der Waals surface area contributed by atoms with Gasteiger partial charge in [-0.2, -0.15) is 0 Å². The molecule has 0 radical (unpaired) electrons. The molecule has 1 heterocycles. The average molecular weight is 253 g/mol. The van der Waals surface area contributed by atoms with Gasteiger partial charge in [0, 0.05) is 13.0 Å². The zero-order valence-corrected chi connectivity index (χ0v) is 10.4. The molecule has 0 spiro atoms. The Morgan fingerprint density at radius 2 is 2.28 bits per heavy atom. The fourth-order valence-corrected chi connectivity index (χ4v) is 2.40. The van der Waals surface area contributed by atoms with Crippen LogP contribution < -0.4 is 0 Å². The average Bonchev–Trinajstić information content (AvgIpc) is 2.40. The van der Waals surface area contributed by atoms with Gasteiger partial charge in [-0.05, 0) is 25.7 Å². The van der Waals surface area contributed by atoms with Crippen molar-refractivity contribution in [3.63, 3.8) is 0 Å². The summed E-state index contributed by atoms with van der Waals surface area (Å²) >= 11 is 0. The van der Waals surface area contributed by atoms with E-state index in [-0.39, 0.29) is 12.5 Å². The number of ether oxygens (including phenoxy) is 1. The molecule has 1 amide bonds. The van der Waals surface area contributed by atoms with Crippen molar-refractivity contribution in [1.82, 2.24) is 4.90 Å². The lowest BCUT2D eigenvalue weighted by Gasteiger charge is -2.31. The van der Waals surface area contributed by atoms with Gasteiger partial charge in [0.1, 0.15) is 0 Å². The van der Waals surface area contributed by atoms with Crippen LogP contribution in [0.1, 0.15) is 32.1 Å². The lowest BCUT2D eigenvalue weighted by molar-refractivity contribution is -0.159. The van der Waals surface area contributed by atoms with Crippen molar-refractivity contribution in [1.29, 1.82) is 0 Å². The van der Waals surface area contributed by atoms with E-state index in [2.05, 4.69) is 6.08 Å². The molecule has 0 saturated carbocycles. The molecule has 5 nitrogen and oxygen atoms in total. The maximum atomic E-state index is 12.1. The second kappa shape index (κ2) is 6.00. The number of hydrogen-bond acceptors (Lipinski definition) is 3. The molecule has 0 aromatic rings. The molecule has 1 aliphatic heterocycles. The largest absolute Gasteiger partial charge is 0.479 e. The standard InChI is InChI=1S/C13H19NO4/c15-12(8-10-4-2-1-3-5-10)14-6-7-18-11(9-14)13(16)17/h4,11H,1-3,5-9H2,(H,16,17). The molecule has 100 valence electrons. The van der Waals surface area contributed by atoms with Gasteiger partial charge in [-0.1, -0.05) is 11.6 Å². The molecular weight excluding hydrogens is 234 g/mol. The number of hydrogen-bond donors (Lipinski definition) is 1.